The van der Waals surface area contributed by atoms with Crippen molar-refractivity contribution in [1.29, 1.82) is 0 Å². The average Bonchev–Trinajstić information content (AvgIpc) is 2.68. The number of nitrogens with one attached hydrogen (secondary N) is 2. The molecule has 0 fully saturated rings. The predicted octanol–water partition coefficient (Wildman–Crippen LogP) is 0.496. The van der Waals surface area contributed by atoms with E-state index in [2.05, 4.69) is 15.3 Å². The van der Waals surface area contributed by atoms with Crippen molar-refractivity contribution in [2.45, 2.75) is 19.9 Å². The maximum atomic E-state index is 12.0. The quantitative estimate of drug-likeness (QED) is 0.758. The van der Waals surface area contributed by atoms with Gasteiger partial charge in [-0.05, 0) is 19.4 Å². The number of fused-ring (bicyclic) bond motifs is 1. The lowest BCUT2D eigenvalue weighted by Gasteiger charge is -2.08. The molecule has 0 aliphatic rings. The molecule has 7 nitrogen and oxygen atoms in total. The molecule has 0 spiro atoms. The van der Waals surface area contributed by atoms with Crippen LogP contribution in [0.2, 0.25) is 0 Å². The summed E-state index contributed by atoms with van der Waals surface area (Å²) in [5.41, 5.74) is 0.188. The second kappa shape index (κ2) is 4.81. The third-order valence-electron chi connectivity index (χ3n) is 2.66. The van der Waals surface area contributed by atoms with Gasteiger partial charge in [-0.15, -0.1) is 11.3 Å². The monoisotopic (exact) mass is 281 g/mol. The molecule has 1 atom stereocenters. The van der Waals surface area contributed by atoms with Gasteiger partial charge in [-0.3, -0.25) is 14.4 Å². The van der Waals surface area contributed by atoms with Gasteiger partial charge in [-0.25, -0.2) is 4.98 Å². The Bertz CT molecular complexity index is 718. The molecule has 100 valence electrons. The van der Waals surface area contributed by atoms with Crippen LogP contribution in [0, 0.1) is 6.92 Å². The fraction of sp³-hybridized carbons (Fsp3) is 0.273. The number of carbonyl (C=O) groups is 2. The Morgan fingerprint density at radius 1 is 1.53 bits per heavy atom. The summed E-state index contributed by atoms with van der Waals surface area (Å²) in [5, 5.41) is 11.5. The maximum Gasteiger partial charge on any atom is 0.325 e. The molecule has 2 aromatic rings. The highest BCUT2D eigenvalue weighted by Crippen LogP contribution is 2.26. The molecule has 3 N–H and O–H groups in total. The van der Waals surface area contributed by atoms with Gasteiger partial charge in [0.25, 0.3) is 11.5 Å². The minimum Gasteiger partial charge on any atom is -0.480 e. The highest BCUT2D eigenvalue weighted by atomic mass is 32.1. The van der Waals surface area contributed by atoms with Gasteiger partial charge in [0.05, 0.1) is 16.6 Å². The first kappa shape index (κ1) is 13.2. The molecule has 0 saturated carbocycles. The van der Waals surface area contributed by atoms with Crippen LogP contribution in [0.25, 0.3) is 10.2 Å². The Kier molecular flexibility index (Phi) is 3.34. The standard InChI is InChI=1S/C11H11N3O4S/c1-4-6-8(15)12-3-13-10(6)19-7(4)9(16)14-5(2)11(17)18/h3,5H,1-2H3,(H,14,16)(H,17,18)(H,12,13,15)/t5-/m1/s1. The van der Waals surface area contributed by atoms with Gasteiger partial charge in [0.1, 0.15) is 10.9 Å². The fourth-order valence-corrected chi connectivity index (χ4v) is 2.67. The van der Waals surface area contributed by atoms with Crippen molar-refractivity contribution in [3.8, 4) is 0 Å². The lowest BCUT2D eigenvalue weighted by Crippen LogP contribution is -2.38. The van der Waals surface area contributed by atoms with Gasteiger partial charge in [-0.2, -0.15) is 0 Å². The summed E-state index contributed by atoms with van der Waals surface area (Å²) in [6.45, 7) is 3.00. The summed E-state index contributed by atoms with van der Waals surface area (Å²) in [4.78, 5) is 41.5. The zero-order valence-corrected chi connectivity index (χ0v) is 11.0. The molecule has 0 bridgehead atoms. The van der Waals surface area contributed by atoms with E-state index in [-0.39, 0.29) is 5.56 Å². The summed E-state index contributed by atoms with van der Waals surface area (Å²) in [5.74, 6) is -1.64. The predicted molar refractivity (Wildman–Crippen MR) is 69.5 cm³/mol. The number of thiophene rings is 1. The van der Waals surface area contributed by atoms with Gasteiger partial charge in [0.15, 0.2) is 0 Å². The zero-order valence-electron chi connectivity index (χ0n) is 10.2. The molecule has 8 heteroatoms. The van der Waals surface area contributed by atoms with Gasteiger partial charge in [-0.1, -0.05) is 0 Å². The SMILES string of the molecule is Cc1c(C(=O)N[C@H](C)C(=O)O)sc2nc[nH]c(=O)c12. The number of aromatic nitrogens is 2. The summed E-state index contributed by atoms with van der Waals surface area (Å²) >= 11 is 1.06. The third kappa shape index (κ3) is 2.34. The number of carboxylic acid groups (broad SMARTS) is 1. The number of nitrogens with zero attached hydrogens (tertiary/aromatic N) is 1. The number of hydrogen-bond donors (Lipinski definition) is 3. The Labute approximate surface area is 111 Å². The van der Waals surface area contributed by atoms with Crippen LogP contribution in [-0.4, -0.2) is 33.0 Å². The first-order valence-corrected chi connectivity index (χ1v) is 6.24. The van der Waals surface area contributed by atoms with E-state index in [1.807, 2.05) is 0 Å². The van der Waals surface area contributed by atoms with E-state index in [9.17, 15) is 14.4 Å². The molecule has 0 unspecified atom stereocenters. The molecule has 0 radical (unpaired) electrons. The molecular formula is C11H11N3O4S. The first-order valence-electron chi connectivity index (χ1n) is 5.42. The molecule has 2 aromatic heterocycles. The van der Waals surface area contributed by atoms with Gasteiger partial charge in [0, 0.05) is 0 Å². The second-order valence-corrected chi connectivity index (χ2v) is 5.00. The summed E-state index contributed by atoms with van der Waals surface area (Å²) in [6, 6.07) is -0.997. The fourth-order valence-electron chi connectivity index (χ4n) is 1.62. The Morgan fingerprint density at radius 2 is 2.21 bits per heavy atom. The molecule has 1 amide bonds. The molecule has 2 heterocycles. The average molecular weight is 281 g/mol. The third-order valence-corrected chi connectivity index (χ3v) is 3.86. The number of aromatic amines is 1. The van der Waals surface area contributed by atoms with E-state index < -0.39 is 17.9 Å². The lowest BCUT2D eigenvalue weighted by molar-refractivity contribution is -0.138. The highest BCUT2D eigenvalue weighted by Gasteiger charge is 2.21. The Hall–Kier alpha value is -2.22. The number of aryl methyl sites for hydroxylation is 1. The van der Waals surface area contributed by atoms with Crippen LogP contribution in [0.1, 0.15) is 22.2 Å². The van der Waals surface area contributed by atoms with E-state index in [4.69, 9.17) is 5.11 Å². The van der Waals surface area contributed by atoms with Crippen LogP contribution in [0.15, 0.2) is 11.1 Å². The molecule has 19 heavy (non-hydrogen) atoms. The number of hydrogen-bond acceptors (Lipinski definition) is 5. The van der Waals surface area contributed by atoms with Crippen LogP contribution in [0.3, 0.4) is 0 Å². The summed E-state index contributed by atoms with van der Waals surface area (Å²) in [7, 11) is 0. The maximum absolute atomic E-state index is 12.0. The van der Waals surface area contributed by atoms with Crippen molar-refractivity contribution in [2.24, 2.45) is 0 Å². The van der Waals surface area contributed by atoms with Gasteiger partial charge >= 0.3 is 5.97 Å². The number of carbonyl (C=O) groups excluding carboxylic acids is 1. The molecule has 0 aliphatic carbocycles. The van der Waals surface area contributed by atoms with E-state index in [1.54, 1.807) is 6.92 Å². The number of carboxylic acids is 1. The zero-order chi connectivity index (χ0) is 14.2. The van der Waals surface area contributed by atoms with Crippen LogP contribution >= 0.6 is 11.3 Å². The molecule has 0 saturated heterocycles. The summed E-state index contributed by atoms with van der Waals surface area (Å²) < 4.78 is 0. The summed E-state index contributed by atoms with van der Waals surface area (Å²) in [6.07, 6.45) is 1.27. The van der Waals surface area contributed by atoms with Crippen LogP contribution < -0.4 is 10.9 Å². The number of aliphatic carboxylic acids is 1. The van der Waals surface area contributed by atoms with Crippen LogP contribution in [0.4, 0.5) is 0 Å². The van der Waals surface area contributed by atoms with Crippen molar-refractivity contribution in [3.63, 3.8) is 0 Å². The number of H-pyrrole nitrogens is 1. The number of rotatable bonds is 3. The van der Waals surface area contributed by atoms with Crippen molar-refractivity contribution < 1.29 is 14.7 Å². The normalized spacial score (nSPS) is 12.3. The van der Waals surface area contributed by atoms with E-state index in [0.29, 0.717) is 20.7 Å². The van der Waals surface area contributed by atoms with Crippen molar-refractivity contribution in [1.82, 2.24) is 15.3 Å². The Morgan fingerprint density at radius 3 is 2.79 bits per heavy atom. The number of amides is 1. The highest BCUT2D eigenvalue weighted by molar-refractivity contribution is 7.20. The van der Waals surface area contributed by atoms with Crippen molar-refractivity contribution in [3.05, 3.63) is 27.1 Å². The Balaban J connectivity index is 2.44. The molecule has 0 aliphatic heterocycles. The van der Waals surface area contributed by atoms with Gasteiger partial charge in [0.2, 0.25) is 0 Å². The van der Waals surface area contributed by atoms with E-state index >= 15 is 0 Å². The van der Waals surface area contributed by atoms with Crippen molar-refractivity contribution in [2.75, 3.05) is 0 Å². The van der Waals surface area contributed by atoms with Crippen molar-refractivity contribution >= 4 is 33.4 Å². The smallest absolute Gasteiger partial charge is 0.325 e. The van der Waals surface area contributed by atoms with Crippen LogP contribution in [0.5, 0.6) is 0 Å². The lowest BCUT2D eigenvalue weighted by atomic mass is 10.2. The van der Waals surface area contributed by atoms with Crippen LogP contribution in [-0.2, 0) is 4.79 Å². The van der Waals surface area contributed by atoms with E-state index in [0.717, 1.165) is 11.3 Å². The second-order valence-electron chi connectivity index (χ2n) is 4.00. The minimum absolute atomic E-state index is 0.298. The topological polar surface area (TPSA) is 112 Å². The molecule has 2 rings (SSSR count). The van der Waals surface area contributed by atoms with Gasteiger partial charge < -0.3 is 15.4 Å². The first-order chi connectivity index (χ1) is 8.91. The largest absolute Gasteiger partial charge is 0.480 e. The molecule has 0 aromatic carbocycles. The molecular weight excluding hydrogens is 270 g/mol. The minimum atomic E-state index is -1.12. The van der Waals surface area contributed by atoms with E-state index in [1.165, 1.54) is 13.3 Å².